The van der Waals surface area contributed by atoms with Crippen molar-refractivity contribution in [3.05, 3.63) is 51.0 Å². The Balaban J connectivity index is 1.55. The topological polar surface area (TPSA) is 78.1 Å². The first-order chi connectivity index (χ1) is 13.0. The van der Waals surface area contributed by atoms with Crippen LogP contribution in [0, 0.1) is 0 Å². The molecule has 1 aliphatic carbocycles. The second kappa shape index (κ2) is 7.28. The van der Waals surface area contributed by atoms with Crippen LogP contribution in [0.4, 0.5) is 0 Å². The second-order valence-corrected chi connectivity index (χ2v) is 8.44. The molecule has 1 saturated carbocycles. The molecule has 0 saturated heterocycles. The van der Waals surface area contributed by atoms with Gasteiger partial charge in [0.15, 0.2) is 0 Å². The predicted octanol–water partition coefficient (Wildman–Crippen LogP) is 3.45. The number of aromatic amines is 1. The zero-order valence-electron chi connectivity index (χ0n) is 14.7. The van der Waals surface area contributed by atoms with Crippen molar-refractivity contribution >= 4 is 39.3 Å². The monoisotopic (exact) mass is 450 g/mol. The van der Waals surface area contributed by atoms with Crippen LogP contribution in [0.5, 0.6) is 0 Å². The molecule has 0 atom stereocenters. The summed E-state index contributed by atoms with van der Waals surface area (Å²) < 4.78 is 0.659. The maximum Gasteiger partial charge on any atom is 0.252 e. The summed E-state index contributed by atoms with van der Waals surface area (Å²) in [6.07, 6.45) is 5.60. The van der Waals surface area contributed by atoms with E-state index in [4.69, 9.17) is 11.6 Å². The van der Waals surface area contributed by atoms with Gasteiger partial charge in [-0.3, -0.25) is 9.59 Å². The number of nitrogens with one attached hydrogen (secondary N) is 2. The van der Waals surface area contributed by atoms with Crippen molar-refractivity contribution in [3.63, 3.8) is 0 Å². The summed E-state index contributed by atoms with van der Waals surface area (Å²) in [4.78, 5) is 35.5. The normalized spacial score (nSPS) is 18.2. The average molecular weight is 452 g/mol. The fourth-order valence-electron chi connectivity index (χ4n) is 3.99. The van der Waals surface area contributed by atoms with Crippen molar-refractivity contribution < 1.29 is 9.59 Å². The molecule has 0 radical (unpaired) electrons. The quantitative estimate of drug-likeness (QED) is 0.750. The van der Waals surface area contributed by atoms with Gasteiger partial charge in [0.05, 0.1) is 29.3 Å². The maximum absolute atomic E-state index is 13.4. The molecule has 1 aliphatic heterocycles. The Morgan fingerprint density at radius 2 is 2.07 bits per heavy atom. The Labute approximate surface area is 170 Å². The minimum Gasteiger partial charge on any atom is -0.347 e. The minimum absolute atomic E-state index is 0.00151. The van der Waals surface area contributed by atoms with Gasteiger partial charge in [-0.25, -0.2) is 4.98 Å². The number of benzene rings is 1. The summed E-state index contributed by atoms with van der Waals surface area (Å²) in [5.41, 5.74) is 1.66. The summed E-state index contributed by atoms with van der Waals surface area (Å²) in [6.45, 7) is 1.14. The Hall–Kier alpha value is -1.86. The number of rotatable bonds is 3. The third-order valence-corrected chi connectivity index (χ3v) is 6.68. The molecule has 1 aromatic heterocycles. The van der Waals surface area contributed by atoms with Crippen LogP contribution >= 0.6 is 27.5 Å². The van der Waals surface area contributed by atoms with E-state index in [1.54, 1.807) is 24.5 Å². The standard InChI is InChI=1S/C19H20BrClN4O2/c20-13-9-12(3-4-14(13)21)17(26)24-19(6-1-2-7-19)18(27)25-8-5-15-16(10-25)23-11-22-15/h3-4,9,11H,1-2,5-8,10H2,(H,22,23)(H,24,26). The van der Waals surface area contributed by atoms with Crippen molar-refractivity contribution in [2.75, 3.05) is 6.54 Å². The molecule has 0 unspecified atom stereocenters. The van der Waals surface area contributed by atoms with E-state index in [9.17, 15) is 9.59 Å². The van der Waals surface area contributed by atoms with Gasteiger partial charge >= 0.3 is 0 Å². The Morgan fingerprint density at radius 3 is 2.81 bits per heavy atom. The molecule has 142 valence electrons. The van der Waals surface area contributed by atoms with Crippen molar-refractivity contribution in [3.8, 4) is 0 Å². The molecule has 2 N–H and O–H groups in total. The molecular weight excluding hydrogens is 432 g/mol. The van der Waals surface area contributed by atoms with Gasteiger partial charge < -0.3 is 15.2 Å². The molecule has 8 heteroatoms. The van der Waals surface area contributed by atoms with Gasteiger partial charge in [0, 0.05) is 23.0 Å². The summed E-state index contributed by atoms with van der Waals surface area (Å²) >= 11 is 9.37. The van der Waals surface area contributed by atoms with Gasteiger partial charge in [-0.1, -0.05) is 24.4 Å². The number of amides is 2. The number of hydrogen-bond acceptors (Lipinski definition) is 3. The van der Waals surface area contributed by atoms with E-state index in [1.165, 1.54) is 0 Å². The number of imidazole rings is 1. The van der Waals surface area contributed by atoms with E-state index >= 15 is 0 Å². The molecule has 27 heavy (non-hydrogen) atoms. The fourth-order valence-corrected chi connectivity index (χ4v) is 4.48. The highest BCUT2D eigenvalue weighted by atomic mass is 79.9. The van der Waals surface area contributed by atoms with Crippen LogP contribution < -0.4 is 5.32 Å². The number of aromatic nitrogens is 2. The van der Waals surface area contributed by atoms with Crippen LogP contribution in [0.25, 0.3) is 0 Å². The number of hydrogen-bond donors (Lipinski definition) is 2. The van der Waals surface area contributed by atoms with E-state index in [0.29, 0.717) is 41.0 Å². The van der Waals surface area contributed by atoms with Crippen LogP contribution in [0.15, 0.2) is 29.0 Å². The lowest BCUT2D eigenvalue weighted by Gasteiger charge is -2.36. The molecule has 2 aliphatic rings. The maximum atomic E-state index is 13.4. The highest BCUT2D eigenvalue weighted by Gasteiger charge is 2.45. The summed E-state index contributed by atoms with van der Waals surface area (Å²) in [6, 6.07) is 5.03. The number of H-pyrrole nitrogens is 1. The van der Waals surface area contributed by atoms with Crippen LogP contribution in [0.1, 0.15) is 47.4 Å². The third kappa shape index (κ3) is 3.50. The highest BCUT2D eigenvalue weighted by Crippen LogP contribution is 2.33. The van der Waals surface area contributed by atoms with Crippen LogP contribution in [-0.2, 0) is 17.8 Å². The lowest BCUT2D eigenvalue weighted by atomic mass is 9.93. The van der Waals surface area contributed by atoms with Crippen molar-refractivity contribution in [2.24, 2.45) is 0 Å². The van der Waals surface area contributed by atoms with Gasteiger partial charge in [-0.05, 0) is 47.0 Å². The summed E-state index contributed by atoms with van der Waals surface area (Å²) in [5.74, 6) is -0.247. The lowest BCUT2D eigenvalue weighted by molar-refractivity contribution is -0.139. The molecule has 6 nitrogen and oxygen atoms in total. The Bertz CT molecular complexity index is 892. The van der Waals surface area contributed by atoms with E-state index in [-0.39, 0.29) is 11.8 Å². The van der Waals surface area contributed by atoms with Crippen molar-refractivity contribution in [1.82, 2.24) is 20.2 Å². The summed E-state index contributed by atoms with van der Waals surface area (Å²) in [7, 11) is 0. The van der Waals surface area contributed by atoms with Crippen LogP contribution in [0.3, 0.4) is 0 Å². The number of halogens is 2. The third-order valence-electron chi connectivity index (χ3n) is 5.46. The van der Waals surface area contributed by atoms with Gasteiger partial charge in [-0.2, -0.15) is 0 Å². The number of carbonyl (C=O) groups excluding carboxylic acids is 2. The zero-order valence-corrected chi connectivity index (χ0v) is 17.1. The molecule has 4 rings (SSSR count). The van der Waals surface area contributed by atoms with Gasteiger partial charge in [0.25, 0.3) is 5.91 Å². The SMILES string of the molecule is O=C(NC1(C(=O)N2CCc3nc[nH]c3C2)CCCC1)c1ccc(Cl)c(Br)c1. The molecule has 1 fully saturated rings. The molecule has 2 heterocycles. The molecular formula is C19H20BrClN4O2. The predicted molar refractivity (Wildman–Crippen MR) is 106 cm³/mol. The Kier molecular flexibility index (Phi) is 4.99. The Morgan fingerprint density at radius 1 is 1.30 bits per heavy atom. The first-order valence-corrected chi connectivity index (χ1v) is 10.2. The van der Waals surface area contributed by atoms with E-state index in [2.05, 4.69) is 31.2 Å². The molecule has 0 spiro atoms. The number of nitrogens with zero attached hydrogens (tertiary/aromatic N) is 2. The highest BCUT2D eigenvalue weighted by molar-refractivity contribution is 9.10. The largest absolute Gasteiger partial charge is 0.347 e. The second-order valence-electron chi connectivity index (χ2n) is 7.18. The lowest BCUT2D eigenvalue weighted by Crippen LogP contribution is -2.58. The van der Waals surface area contributed by atoms with E-state index in [0.717, 1.165) is 30.7 Å². The van der Waals surface area contributed by atoms with E-state index in [1.807, 2.05) is 4.90 Å². The molecule has 0 bridgehead atoms. The van der Waals surface area contributed by atoms with Gasteiger partial charge in [0.1, 0.15) is 5.54 Å². The van der Waals surface area contributed by atoms with Crippen LogP contribution in [-0.4, -0.2) is 38.8 Å². The van der Waals surface area contributed by atoms with Crippen molar-refractivity contribution in [2.45, 2.75) is 44.2 Å². The first-order valence-electron chi connectivity index (χ1n) is 9.07. The minimum atomic E-state index is -0.833. The molecule has 2 aromatic rings. The van der Waals surface area contributed by atoms with Crippen molar-refractivity contribution in [1.29, 1.82) is 0 Å². The zero-order chi connectivity index (χ0) is 19.0. The van der Waals surface area contributed by atoms with E-state index < -0.39 is 5.54 Å². The molecule has 2 amide bonds. The smallest absolute Gasteiger partial charge is 0.252 e. The van der Waals surface area contributed by atoms with Gasteiger partial charge in [-0.15, -0.1) is 0 Å². The fraction of sp³-hybridized carbons (Fsp3) is 0.421. The summed E-state index contributed by atoms with van der Waals surface area (Å²) in [5, 5.41) is 3.59. The first kappa shape index (κ1) is 18.5. The molecule has 1 aromatic carbocycles. The van der Waals surface area contributed by atoms with Gasteiger partial charge in [0.2, 0.25) is 5.91 Å². The average Bonchev–Trinajstić information content (AvgIpc) is 3.32. The van der Waals surface area contributed by atoms with Crippen LogP contribution in [0.2, 0.25) is 5.02 Å². The number of carbonyl (C=O) groups is 2. The number of fused-ring (bicyclic) bond motifs is 1.